The second-order valence-electron chi connectivity index (χ2n) is 7.74. The van der Waals surface area contributed by atoms with Crippen molar-refractivity contribution in [2.45, 2.75) is 113 Å². The molecule has 0 saturated heterocycles. The summed E-state index contributed by atoms with van der Waals surface area (Å²) in [5.74, 6) is 0. The summed E-state index contributed by atoms with van der Waals surface area (Å²) in [5.41, 5.74) is 5.34. The van der Waals surface area contributed by atoms with Crippen LogP contribution in [-0.2, 0) is 6.42 Å². The van der Waals surface area contributed by atoms with Crippen molar-refractivity contribution in [3.8, 4) is 0 Å². The zero-order chi connectivity index (χ0) is 19.0. The fourth-order valence-corrected chi connectivity index (χ4v) is 3.22. The van der Waals surface area contributed by atoms with Gasteiger partial charge in [-0.15, -0.1) is 0 Å². The third kappa shape index (κ3) is 15.5. The van der Waals surface area contributed by atoms with Gasteiger partial charge < -0.3 is 4.98 Å². The van der Waals surface area contributed by atoms with E-state index in [9.17, 15) is 0 Å². The normalized spacial score (nSPS) is 9.71. The van der Waals surface area contributed by atoms with Crippen molar-refractivity contribution in [1.82, 2.24) is 4.98 Å². The number of hydrogen-bond acceptors (Lipinski definition) is 0. The summed E-state index contributed by atoms with van der Waals surface area (Å²) in [7, 11) is 0. The smallest absolute Gasteiger partial charge is 0.0117 e. The summed E-state index contributed by atoms with van der Waals surface area (Å²) in [6, 6.07) is 13.1. The predicted octanol–water partition coefficient (Wildman–Crippen LogP) is 9.36. The van der Waals surface area contributed by atoms with E-state index in [1.807, 2.05) is 13.8 Å². The van der Waals surface area contributed by atoms with Crippen LogP contribution in [0.4, 0.5) is 0 Å². The van der Waals surface area contributed by atoms with E-state index >= 15 is 0 Å². The zero-order valence-electron chi connectivity index (χ0n) is 17.7. The molecule has 1 heteroatoms. The van der Waals surface area contributed by atoms with Crippen LogP contribution in [0, 0.1) is 20.8 Å². The van der Waals surface area contributed by atoms with Crippen molar-refractivity contribution < 1.29 is 0 Å². The second kappa shape index (κ2) is 18.8. The standard InChI is InChI=1S/C19H32.C6H9N.2CH4/c1-3-4-5-6-7-8-9-10-11-12-13-19-16-14-18(2)15-17-19;1-5-3-4-6(2)7-5;;/h14-17H,3-13H2,1-2H3;3-4,7H,1-2H3;2*1H4. The summed E-state index contributed by atoms with van der Waals surface area (Å²) >= 11 is 0. The molecule has 1 aromatic heterocycles. The van der Waals surface area contributed by atoms with Crippen LogP contribution in [0.1, 0.15) is 109 Å². The van der Waals surface area contributed by atoms with Crippen molar-refractivity contribution in [2.24, 2.45) is 0 Å². The van der Waals surface area contributed by atoms with E-state index in [0.717, 1.165) is 0 Å². The van der Waals surface area contributed by atoms with Crippen LogP contribution in [0.2, 0.25) is 0 Å². The van der Waals surface area contributed by atoms with Crippen molar-refractivity contribution in [3.05, 3.63) is 58.9 Å². The second-order valence-corrected chi connectivity index (χ2v) is 7.74. The molecular formula is C27H49N. The van der Waals surface area contributed by atoms with Crippen LogP contribution >= 0.6 is 0 Å². The Kier molecular flexibility index (Phi) is 19.3. The summed E-state index contributed by atoms with van der Waals surface area (Å²) in [5, 5.41) is 0. The Labute approximate surface area is 177 Å². The molecule has 28 heavy (non-hydrogen) atoms. The lowest BCUT2D eigenvalue weighted by Crippen LogP contribution is -1.87. The van der Waals surface area contributed by atoms with E-state index < -0.39 is 0 Å². The summed E-state index contributed by atoms with van der Waals surface area (Å²) in [6.07, 6.45) is 15.5. The van der Waals surface area contributed by atoms with Gasteiger partial charge in [0, 0.05) is 11.4 Å². The highest BCUT2D eigenvalue weighted by Gasteiger charge is 1.95. The molecule has 0 atom stereocenters. The fourth-order valence-electron chi connectivity index (χ4n) is 3.22. The SMILES string of the molecule is C.C.CCCCCCCCCCCCc1ccc(C)cc1.Cc1ccc(C)[nH]1. The first-order valence-electron chi connectivity index (χ1n) is 10.8. The molecule has 0 spiro atoms. The minimum Gasteiger partial charge on any atom is -0.363 e. The molecule has 1 aromatic carbocycles. The first-order chi connectivity index (χ1) is 12.6. The Bertz CT molecular complexity index is 533. The number of aryl methyl sites for hydroxylation is 4. The van der Waals surface area contributed by atoms with E-state index in [1.165, 1.54) is 93.1 Å². The van der Waals surface area contributed by atoms with Gasteiger partial charge in [0.2, 0.25) is 0 Å². The van der Waals surface area contributed by atoms with Gasteiger partial charge in [0.05, 0.1) is 0 Å². The Morgan fingerprint density at radius 2 is 1.00 bits per heavy atom. The lowest BCUT2D eigenvalue weighted by molar-refractivity contribution is 0.556. The topological polar surface area (TPSA) is 15.8 Å². The van der Waals surface area contributed by atoms with Crippen molar-refractivity contribution in [3.63, 3.8) is 0 Å². The van der Waals surface area contributed by atoms with Crippen LogP contribution < -0.4 is 0 Å². The van der Waals surface area contributed by atoms with Crippen LogP contribution in [0.3, 0.4) is 0 Å². The molecule has 1 heterocycles. The third-order valence-electron chi connectivity index (χ3n) is 4.92. The fraction of sp³-hybridized carbons (Fsp3) is 0.630. The molecule has 2 rings (SSSR count). The van der Waals surface area contributed by atoms with Crippen molar-refractivity contribution in [2.75, 3.05) is 0 Å². The van der Waals surface area contributed by atoms with Gasteiger partial charge >= 0.3 is 0 Å². The van der Waals surface area contributed by atoms with E-state index in [0.29, 0.717) is 0 Å². The van der Waals surface area contributed by atoms with Crippen LogP contribution in [0.15, 0.2) is 36.4 Å². The van der Waals surface area contributed by atoms with Crippen molar-refractivity contribution in [1.29, 1.82) is 0 Å². The molecule has 1 nitrogen and oxygen atoms in total. The number of H-pyrrole nitrogens is 1. The van der Waals surface area contributed by atoms with E-state index in [1.54, 1.807) is 0 Å². The quantitative estimate of drug-likeness (QED) is 0.369. The zero-order valence-corrected chi connectivity index (χ0v) is 17.7. The summed E-state index contributed by atoms with van der Waals surface area (Å²) < 4.78 is 0. The lowest BCUT2D eigenvalue weighted by Gasteiger charge is -2.03. The first-order valence-corrected chi connectivity index (χ1v) is 10.8. The Morgan fingerprint density at radius 3 is 1.39 bits per heavy atom. The van der Waals surface area contributed by atoms with Gasteiger partial charge in [0.15, 0.2) is 0 Å². The number of unbranched alkanes of at least 4 members (excludes halogenated alkanes) is 9. The third-order valence-corrected chi connectivity index (χ3v) is 4.92. The highest BCUT2D eigenvalue weighted by Crippen LogP contribution is 2.12. The highest BCUT2D eigenvalue weighted by atomic mass is 14.7. The molecule has 0 saturated carbocycles. The first kappa shape index (κ1) is 28.7. The van der Waals surface area contributed by atoms with Crippen LogP contribution in [0.25, 0.3) is 0 Å². The lowest BCUT2D eigenvalue weighted by atomic mass is 10.0. The largest absolute Gasteiger partial charge is 0.363 e. The maximum absolute atomic E-state index is 3.14. The van der Waals surface area contributed by atoms with Crippen LogP contribution in [0.5, 0.6) is 0 Å². The number of hydrogen-bond donors (Lipinski definition) is 1. The number of rotatable bonds is 11. The molecule has 0 aliphatic carbocycles. The van der Waals surface area contributed by atoms with E-state index in [4.69, 9.17) is 0 Å². The van der Waals surface area contributed by atoms with Gasteiger partial charge in [0.1, 0.15) is 0 Å². The predicted molar refractivity (Wildman–Crippen MR) is 130 cm³/mol. The van der Waals surface area contributed by atoms with Crippen molar-refractivity contribution >= 4 is 0 Å². The number of aromatic amines is 1. The number of aromatic nitrogens is 1. The minimum absolute atomic E-state index is 0. The maximum atomic E-state index is 3.14. The van der Waals surface area contributed by atoms with E-state index in [2.05, 4.69) is 55.2 Å². The Hall–Kier alpha value is -1.50. The van der Waals surface area contributed by atoms with E-state index in [-0.39, 0.29) is 14.9 Å². The molecule has 0 aliphatic rings. The molecule has 0 aliphatic heterocycles. The van der Waals surface area contributed by atoms with Gasteiger partial charge in [-0.1, -0.05) is 109 Å². The molecule has 2 aromatic rings. The van der Waals surface area contributed by atoms with Gasteiger partial charge in [-0.2, -0.15) is 0 Å². The van der Waals surface area contributed by atoms with Crippen LogP contribution in [-0.4, -0.2) is 4.98 Å². The molecule has 162 valence electrons. The monoisotopic (exact) mass is 387 g/mol. The molecule has 0 fully saturated rings. The molecular weight excluding hydrogens is 338 g/mol. The van der Waals surface area contributed by atoms with Gasteiger partial charge in [-0.05, 0) is 51.3 Å². The maximum Gasteiger partial charge on any atom is 0.0117 e. The van der Waals surface area contributed by atoms with Gasteiger partial charge in [0.25, 0.3) is 0 Å². The Balaban J connectivity index is 0. The average Bonchev–Trinajstić information content (AvgIpc) is 3.01. The molecule has 1 N–H and O–H groups in total. The molecule has 0 bridgehead atoms. The Morgan fingerprint density at radius 1 is 0.571 bits per heavy atom. The molecule has 0 unspecified atom stereocenters. The molecule has 0 amide bonds. The number of nitrogens with one attached hydrogen (secondary N) is 1. The van der Waals surface area contributed by atoms with Gasteiger partial charge in [-0.25, -0.2) is 0 Å². The minimum atomic E-state index is 0. The highest BCUT2D eigenvalue weighted by molar-refractivity contribution is 5.21. The van der Waals surface area contributed by atoms with Gasteiger partial charge in [-0.3, -0.25) is 0 Å². The number of benzene rings is 1. The summed E-state index contributed by atoms with van der Waals surface area (Å²) in [6.45, 7) is 8.54. The molecule has 0 radical (unpaired) electrons. The average molecular weight is 388 g/mol. The summed E-state index contributed by atoms with van der Waals surface area (Å²) in [4.78, 5) is 3.14.